The highest BCUT2D eigenvalue weighted by atomic mass is 35.5. The molecule has 0 saturated carbocycles. The summed E-state index contributed by atoms with van der Waals surface area (Å²) in [4.78, 5) is 5.86. The van der Waals surface area contributed by atoms with Crippen LogP contribution < -0.4 is 0 Å². The number of hydrogen-bond acceptors (Lipinski definition) is 13. The topological polar surface area (TPSA) is 148 Å². The molecule has 3 fully saturated rings. The third-order valence-corrected chi connectivity index (χ3v) is 11.7. The van der Waals surface area contributed by atoms with Crippen molar-refractivity contribution in [3.05, 3.63) is 94.4 Å². The number of nitrogens with zero attached hydrogens (tertiary/aromatic N) is 8. The summed E-state index contributed by atoms with van der Waals surface area (Å²) in [6.45, 7) is 7.74. The number of halogens is 2. The molecule has 0 aliphatic carbocycles. The highest BCUT2D eigenvalue weighted by Gasteiger charge is 2.38. The van der Waals surface area contributed by atoms with E-state index in [0.717, 1.165) is 80.6 Å². The molecule has 4 aromatic rings. The van der Waals surface area contributed by atoms with Crippen LogP contribution in [0.3, 0.4) is 0 Å². The molecule has 0 spiro atoms. The molecule has 7 rings (SSSR count). The predicted octanol–water partition coefficient (Wildman–Crippen LogP) is 4.63. The Morgan fingerprint density at radius 2 is 1.07 bits per heavy atom. The first-order valence-corrected chi connectivity index (χ1v) is 20.4. The lowest BCUT2D eigenvalue weighted by Crippen LogP contribution is -2.57. The molecule has 4 atom stereocenters. The van der Waals surface area contributed by atoms with Crippen LogP contribution in [-0.4, -0.2) is 160 Å². The fraction of sp³-hybridized carbons (Fsp3) is 0.463. The van der Waals surface area contributed by atoms with Gasteiger partial charge in [0.15, 0.2) is 0 Å². The largest absolute Gasteiger partial charge is 0.455 e. The normalized spacial score (nSPS) is 23.6. The smallest absolute Gasteiger partial charge is 0.203 e. The summed E-state index contributed by atoms with van der Waals surface area (Å²) in [5, 5.41) is 56.2. The van der Waals surface area contributed by atoms with Crippen LogP contribution in [0.2, 0.25) is 10.0 Å². The molecule has 3 saturated heterocycles. The van der Waals surface area contributed by atoms with Gasteiger partial charge in [0.2, 0.25) is 12.7 Å². The maximum absolute atomic E-state index is 10.9. The van der Waals surface area contributed by atoms with E-state index in [0.29, 0.717) is 46.2 Å². The number of furan rings is 2. The number of hydrazone groups is 2. The van der Waals surface area contributed by atoms with E-state index in [4.69, 9.17) is 32.0 Å². The summed E-state index contributed by atoms with van der Waals surface area (Å²) in [6.07, 6.45) is 3.14. The van der Waals surface area contributed by atoms with Crippen LogP contribution in [0.15, 0.2) is 91.8 Å². The Kier molecular flexibility index (Phi) is 13.7. The summed E-state index contributed by atoms with van der Waals surface area (Å²) < 4.78 is 12.8. The molecule has 2 aromatic heterocycles. The van der Waals surface area contributed by atoms with Gasteiger partial charge in [-0.1, -0.05) is 23.2 Å². The second kappa shape index (κ2) is 18.9. The van der Waals surface area contributed by atoms with Gasteiger partial charge >= 0.3 is 0 Å². The number of hydrogen-bond donors (Lipinski definition) is 4. The lowest BCUT2D eigenvalue weighted by Gasteiger charge is -2.42. The summed E-state index contributed by atoms with van der Waals surface area (Å²) >= 11 is 12.0. The monoisotopic (exact) mass is 823 g/mol. The Morgan fingerprint density at radius 3 is 1.54 bits per heavy atom. The van der Waals surface area contributed by atoms with E-state index >= 15 is 0 Å². The van der Waals surface area contributed by atoms with Crippen LogP contribution in [0.1, 0.15) is 37.2 Å². The number of rotatable bonds is 16. The highest BCUT2D eigenvalue weighted by molar-refractivity contribution is 6.30. The lowest BCUT2D eigenvalue weighted by atomic mass is 10.2. The van der Waals surface area contributed by atoms with Crippen LogP contribution >= 0.6 is 23.2 Å². The van der Waals surface area contributed by atoms with Crippen LogP contribution in [0.4, 0.5) is 0 Å². The number of piperazine rings is 1. The minimum Gasteiger partial charge on any atom is -0.455 e. The maximum Gasteiger partial charge on any atom is 0.203 e. The van der Waals surface area contributed by atoms with E-state index in [1.165, 1.54) is 10.0 Å². The van der Waals surface area contributed by atoms with Gasteiger partial charge in [-0.3, -0.25) is 14.9 Å². The number of likely N-dealkylation sites (N-methyl/N-ethyl adjacent to an activating group) is 1. The minimum atomic E-state index is -1.01. The van der Waals surface area contributed by atoms with Gasteiger partial charge in [-0.15, -0.1) is 0 Å². The SMILES string of the molecule is C[N+]1(CCCCN2C(O)CN(N=Cc3ccc(-c4ccc(Cl)cc4)o3)C2O)CCN(CCCCN2C(O)CN(N=Cc3ccc(-c4ccc(Cl)cc4)o3)C2O)CC1. The fourth-order valence-electron chi connectivity index (χ4n) is 7.63. The number of β-amino-alcohol motifs (C(OH)–C–C–N with tert-alkyl or cyclic N) is 2. The van der Waals surface area contributed by atoms with E-state index in [9.17, 15) is 20.4 Å². The van der Waals surface area contributed by atoms with E-state index in [1.807, 2.05) is 72.8 Å². The van der Waals surface area contributed by atoms with Gasteiger partial charge in [0.25, 0.3) is 0 Å². The molecule has 14 nitrogen and oxygen atoms in total. The zero-order valence-corrected chi connectivity index (χ0v) is 33.7. The minimum absolute atomic E-state index is 0.206. The third kappa shape index (κ3) is 10.6. The molecule has 2 aromatic carbocycles. The van der Waals surface area contributed by atoms with Gasteiger partial charge in [-0.2, -0.15) is 10.2 Å². The van der Waals surface area contributed by atoms with E-state index in [-0.39, 0.29) is 13.1 Å². The highest BCUT2D eigenvalue weighted by Crippen LogP contribution is 2.26. The fourth-order valence-corrected chi connectivity index (χ4v) is 7.88. The Hall–Kier alpha value is -3.80. The maximum atomic E-state index is 10.9. The average molecular weight is 825 g/mol. The third-order valence-electron chi connectivity index (χ3n) is 11.2. The molecule has 4 unspecified atom stereocenters. The van der Waals surface area contributed by atoms with Gasteiger partial charge in [-0.05, 0) is 105 Å². The van der Waals surface area contributed by atoms with Crippen molar-refractivity contribution in [1.82, 2.24) is 24.7 Å². The van der Waals surface area contributed by atoms with Crippen molar-refractivity contribution >= 4 is 35.6 Å². The van der Waals surface area contributed by atoms with Crippen molar-refractivity contribution in [2.75, 3.05) is 72.5 Å². The van der Waals surface area contributed by atoms with Crippen molar-refractivity contribution in [2.24, 2.45) is 10.2 Å². The number of unbranched alkanes of at least 4 members (excludes halogenated alkanes) is 2. The molecule has 306 valence electrons. The number of aliphatic hydroxyl groups is 4. The van der Waals surface area contributed by atoms with E-state index in [1.54, 1.807) is 22.2 Å². The second-order valence-corrected chi connectivity index (χ2v) is 16.2. The Labute approximate surface area is 343 Å². The summed E-state index contributed by atoms with van der Waals surface area (Å²) in [7, 11) is 2.31. The number of aliphatic hydroxyl groups excluding tert-OH is 4. The van der Waals surface area contributed by atoms with Gasteiger partial charge in [0.05, 0.1) is 52.2 Å². The van der Waals surface area contributed by atoms with Gasteiger partial charge in [-0.25, -0.2) is 9.80 Å². The number of quaternary nitrogens is 1. The molecule has 0 amide bonds. The lowest BCUT2D eigenvalue weighted by molar-refractivity contribution is -0.913. The van der Waals surface area contributed by atoms with Gasteiger partial charge in [0.1, 0.15) is 35.5 Å². The molecule has 0 radical (unpaired) electrons. The van der Waals surface area contributed by atoms with Crippen LogP contribution in [0.5, 0.6) is 0 Å². The molecular formula is C41H53Cl2N8O6+. The van der Waals surface area contributed by atoms with E-state index in [2.05, 4.69) is 22.2 Å². The van der Waals surface area contributed by atoms with Gasteiger partial charge in [0, 0.05) is 47.4 Å². The Bertz CT molecular complexity index is 1930. The Balaban J connectivity index is 0.765. The van der Waals surface area contributed by atoms with Crippen LogP contribution in [-0.2, 0) is 0 Å². The molecule has 3 aliphatic rings. The first kappa shape index (κ1) is 41.4. The quantitative estimate of drug-likeness (QED) is 0.0713. The molecule has 5 heterocycles. The zero-order valence-electron chi connectivity index (χ0n) is 32.2. The summed E-state index contributed by atoms with van der Waals surface area (Å²) in [5.74, 6) is 2.48. The standard InChI is InChI=1S/C41H53Cl2N8O6/c1-51(23-5-4-20-48-39(53)29-50(41(48)55)45-27-35-15-17-37(57-35)31-8-12-33(43)13-9-31)24-21-46(22-25-51)18-2-3-19-47-38(52)28-49(40(47)54)44-26-34-14-16-36(56-34)30-6-10-32(42)11-7-30/h6-17,26-27,38-41,52-55H,2-5,18-25,28-29H2,1H3/q+1. The molecule has 0 bridgehead atoms. The van der Waals surface area contributed by atoms with Crippen molar-refractivity contribution in [1.29, 1.82) is 0 Å². The van der Waals surface area contributed by atoms with Crippen LogP contribution in [0.25, 0.3) is 22.6 Å². The molecular weight excluding hydrogens is 771 g/mol. The molecule has 57 heavy (non-hydrogen) atoms. The predicted molar refractivity (Wildman–Crippen MR) is 220 cm³/mol. The second-order valence-electron chi connectivity index (χ2n) is 15.3. The first-order chi connectivity index (χ1) is 27.5. The van der Waals surface area contributed by atoms with Crippen molar-refractivity contribution in [3.63, 3.8) is 0 Å². The molecule has 4 N–H and O–H groups in total. The van der Waals surface area contributed by atoms with Crippen LogP contribution in [0, 0.1) is 0 Å². The first-order valence-electron chi connectivity index (χ1n) is 19.7. The van der Waals surface area contributed by atoms with Crippen molar-refractivity contribution in [2.45, 2.75) is 50.8 Å². The number of benzene rings is 2. The summed E-state index contributed by atoms with van der Waals surface area (Å²) in [6, 6.07) is 22.1. The van der Waals surface area contributed by atoms with Crippen molar-refractivity contribution < 1.29 is 33.7 Å². The zero-order chi connectivity index (χ0) is 39.9. The van der Waals surface area contributed by atoms with Gasteiger partial charge < -0.3 is 33.7 Å². The van der Waals surface area contributed by atoms with Crippen molar-refractivity contribution in [3.8, 4) is 22.6 Å². The van der Waals surface area contributed by atoms with E-state index < -0.39 is 25.2 Å². The Morgan fingerprint density at radius 1 is 0.632 bits per heavy atom. The molecule has 16 heteroatoms. The molecule has 3 aliphatic heterocycles. The average Bonchev–Trinajstić information content (AvgIpc) is 3.99. The summed E-state index contributed by atoms with van der Waals surface area (Å²) in [5.41, 5.74) is 1.81.